The van der Waals surface area contributed by atoms with Gasteiger partial charge in [-0.3, -0.25) is 13.9 Å². The van der Waals surface area contributed by atoms with Crippen LogP contribution in [0.2, 0.25) is 0 Å². The zero-order chi connectivity index (χ0) is 21.3. The van der Waals surface area contributed by atoms with Gasteiger partial charge in [0.25, 0.3) is 5.56 Å². The predicted molar refractivity (Wildman–Crippen MR) is 117 cm³/mol. The summed E-state index contributed by atoms with van der Waals surface area (Å²) in [6.45, 7) is 2.52. The molecule has 7 nitrogen and oxygen atoms in total. The Morgan fingerprint density at radius 3 is 2.37 bits per heavy atom. The second kappa shape index (κ2) is 8.12. The van der Waals surface area contributed by atoms with Crippen molar-refractivity contribution in [1.82, 2.24) is 18.7 Å². The molecule has 0 spiro atoms. The third kappa shape index (κ3) is 3.37. The topological polar surface area (TPSA) is 82.1 Å². The summed E-state index contributed by atoms with van der Waals surface area (Å²) >= 11 is 0. The Balaban J connectivity index is 2.06. The summed E-state index contributed by atoms with van der Waals surface area (Å²) in [7, 11) is 1.63. The van der Waals surface area contributed by atoms with Crippen LogP contribution >= 0.6 is 0 Å². The molecule has 0 radical (unpaired) electrons. The van der Waals surface area contributed by atoms with Crippen molar-refractivity contribution < 1.29 is 5.11 Å². The molecular formula is C23H24N4O3. The summed E-state index contributed by atoms with van der Waals surface area (Å²) in [4.78, 5) is 30.9. The van der Waals surface area contributed by atoms with Gasteiger partial charge >= 0.3 is 5.69 Å². The minimum absolute atomic E-state index is 0.0919. The lowest BCUT2D eigenvalue weighted by Gasteiger charge is -2.12. The summed E-state index contributed by atoms with van der Waals surface area (Å²) < 4.78 is 4.49. The molecule has 0 unspecified atom stereocenters. The van der Waals surface area contributed by atoms with Crippen molar-refractivity contribution in [2.24, 2.45) is 7.05 Å². The number of nitrogens with zero attached hydrogens (tertiary/aromatic N) is 4. The van der Waals surface area contributed by atoms with Gasteiger partial charge in [0.05, 0.1) is 0 Å². The van der Waals surface area contributed by atoms with Crippen LogP contribution in [0.1, 0.15) is 17.5 Å². The molecule has 2 heterocycles. The molecule has 2 aromatic heterocycles. The van der Waals surface area contributed by atoms with Crippen LogP contribution in [0.3, 0.4) is 0 Å². The van der Waals surface area contributed by atoms with E-state index in [2.05, 4.69) is 0 Å². The van der Waals surface area contributed by atoms with E-state index in [0.717, 1.165) is 16.7 Å². The van der Waals surface area contributed by atoms with Gasteiger partial charge < -0.3 is 9.67 Å². The lowest BCUT2D eigenvalue weighted by molar-refractivity contribution is 0.277. The molecule has 0 bridgehead atoms. The van der Waals surface area contributed by atoms with Gasteiger partial charge in [0, 0.05) is 32.3 Å². The van der Waals surface area contributed by atoms with Crippen LogP contribution in [0.25, 0.3) is 22.6 Å². The Hall–Kier alpha value is -3.45. The van der Waals surface area contributed by atoms with E-state index >= 15 is 0 Å². The van der Waals surface area contributed by atoms with Crippen LogP contribution in [-0.2, 0) is 20.1 Å². The number of fused-ring (bicyclic) bond motifs is 1. The van der Waals surface area contributed by atoms with Crippen LogP contribution in [0.4, 0.5) is 0 Å². The zero-order valence-electron chi connectivity index (χ0n) is 17.1. The van der Waals surface area contributed by atoms with Crippen molar-refractivity contribution in [3.63, 3.8) is 0 Å². The van der Waals surface area contributed by atoms with E-state index in [4.69, 9.17) is 4.98 Å². The molecule has 30 heavy (non-hydrogen) atoms. The molecule has 0 aliphatic heterocycles. The van der Waals surface area contributed by atoms with E-state index in [0.29, 0.717) is 30.0 Å². The molecule has 7 heteroatoms. The van der Waals surface area contributed by atoms with E-state index in [9.17, 15) is 14.7 Å². The van der Waals surface area contributed by atoms with Crippen molar-refractivity contribution in [2.75, 3.05) is 6.61 Å². The van der Waals surface area contributed by atoms with Crippen molar-refractivity contribution in [3.8, 4) is 11.4 Å². The third-order valence-corrected chi connectivity index (χ3v) is 5.34. The average molecular weight is 404 g/mol. The maximum Gasteiger partial charge on any atom is 0.332 e. The number of hydrogen-bond donors (Lipinski definition) is 1. The Morgan fingerprint density at radius 2 is 1.67 bits per heavy atom. The molecule has 0 amide bonds. The number of aliphatic hydroxyl groups excluding tert-OH is 1. The lowest BCUT2D eigenvalue weighted by Crippen LogP contribution is -2.39. The summed E-state index contributed by atoms with van der Waals surface area (Å²) in [5.74, 6) is 0.652. The quantitative estimate of drug-likeness (QED) is 0.535. The standard InChI is InChI=1S/C23H24N4O3/c1-16-9-6-7-12-18(16)20-24-21-19(27(20)15-17-10-4-3-5-11-17)22(29)26(13-8-14-28)23(30)25(21)2/h3-7,9-12,28H,8,13-15H2,1-2H3. The second-order valence-electron chi connectivity index (χ2n) is 7.37. The number of aromatic nitrogens is 4. The number of aliphatic hydroxyl groups is 1. The van der Waals surface area contributed by atoms with E-state index in [1.807, 2.05) is 66.1 Å². The number of aryl methyl sites for hydroxylation is 2. The molecule has 2 aromatic carbocycles. The number of rotatable bonds is 6. The molecule has 154 valence electrons. The summed E-state index contributed by atoms with van der Waals surface area (Å²) in [6.07, 6.45) is 0.331. The molecular weight excluding hydrogens is 380 g/mol. The summed E-state index contributed by atoms with van der Waals surface area (Å²) in [6, 6.07) is 17.7. The van der Waals surface area contributed by atoms with Gasteiger partial charge in [-0.05, 0) is 24.5 Å². The fourth-order valence-electron chi connectivity index (χ4n) is 3.75. The Morgan fingerprint density at radius 1 is 0.967 bits per heavy atom. The molecule has 0 aliphatic carbocycles. The van der Waals surface area contributed by atoms with Crippen LogP contribution < -0.4 is 11.2 Å². The highest BCUT2D eigenvalue weighted by atomic mass is 16.3. The Bertz CT molecular complexity index is 1320. The Labute approximate surface area is 173 Å². The van der Waals surface area contributed by atoms with Gasteiger partial charge in [-0.15, -0.1) is 0 Å². The first kappa shape index (κ1) is 19.8. The van der Waals surface area contributed by atoms with Crippen molar-refractivity contribution in [3.05, 3.63) is 86.6 Å². The highest BCUT2D eigenvalue weighted by Gasteiger charge is 2.21. The molecule has 4 aromatic rings. The largest absolute Gasteiger partial charge is 0.396 e. The van der Waals surface area contributed by atoms with Crippen LogP contribution in [0.5, 0.6) is 0 Å². The summed E-state index contributed by atoms with van der Waals surface area (Å²) in [5.41, 5.74) is 2.91. The van der Waals surface area contributed by atoms with E-state index < -0.39 is 5.69 Å². The lowest BCUT2D eigenvalue weighted by atomic mass is 10.1. The first-order valence-corrected chi connectivity index (χ1v) is 9.93. The smallest absolute Gasteiger partial charge is 0.332 e. The van der Waals surface area contributed by atoms with Crippen LogP contribution in [0.15, 0.2) is 64.2 Å². The van der Waals surface area contributed by atoms with E-state index in [1.54, 1.807) is 7.05 Å². The van der Waals surface area contributed by atoms with E-state index in [1.165, 1.54) is 9.13 Å². The number of hydrogen-bond acceptors (Lipinski definition) is 4. The highest BCUT2D eigenvalue weighted by Crippen LogP contribution is 2.26. The van der Waals surface area contributed by atoms with Gasteiger partial charge in [-0.2, -0.15) is 0 Å². The molecule has 0 atom stereocenters. The van der Waals surface area contributed by atoms with Crippen molar-refractivity contribution in [2.45, 2.75) is 26.4 Å². The highest BCUT2D eigenvalue weighted by molar-refractivity contribution is 5.78. The number of imidazole rings is 1. The summed E-state index contributed by atoms with van der Waals surface area (Å²) in [5, 5.41) is 9.18. The number of benzene rings is 2. The zero-order valence-corrected chi connectivity index (χ0v) is 17.1. The average Bonchev–Trinajstić information content (AvgIpc) is 3.12. The molecule has 1 N–H and O–H groups in total. The van der Waals surface area contributed by atoms with Gasteiger partial charge in [0.1, 0.15) is 5.82 Å². The fourth-order valence-corrected chi connectivity index (χ4v) is 3.75. The third-order valence-electron chi connectivity index (χ3n) is 5.34. The minimum Gasteiger partial charge on any atom is -0.396 e. The Kier molecular flexibility index (Phi) is 5.37. The maximum atomic E-state index is 13.4. The predicted octanol–water partition coefficient (Wildman–Crippen LogP) is 2.30. The maximum absolute atomic E-state index is 13.4. The SMILES string of the molecule is Cc1ccccc1-c1nc2c(c(=O)n(CCCO)c(=O)n2C)n1Cc1ccccc1. The normalized spacial score (nSPS) is 11.3. The van der Waals surface area contributed by atoms with Gasteiger partial charge in [-0.25, -0.2) is 9.78 Å². The molecule has 4 rings (SSSR count). The molecule has 0 saturated carbocycles. The fraction of sp³-hybridized carbons (Fsp3) is 0.261. The molecule has 0 aliphatic rings. The van der Waals surface area contributed by atoms with Crippen LogP contribution in [-0.4, -0.2) is 30.4 Å². The van der Waals surface area contributed by atoms with Crippen molar-refractivity contribution in [1.29, 1.82) is 0 Å². The van der Waals surface area contributed by atoms with Crippen LogP contribution in [0, 0.1) is 6.92 Å². The second-order valence-corrected chi connectivity index (χ2v) is 7.37. The van der Waals surface area contributed by atoms with Gasteiger partial charge in [0.2, 0.25) is 0 Å². The molecule has 0 saturated heterocycles. The molecule has 0 fully saturated rings. The van der Waals surface area contributed by atoms with E-state index in [-0.39, 0.29) is 18.7 Å². The van der Waals surface area contributed by atoms with Gasteiger partial charge in [-0.1, -0.05) is 54.6 Å². The first-order valence-electron chi connectivity index (χ1n) is 9.93. The first-order chi connectivity index (χ1) is 14.5. The van der Waals surface area contributed by atoms with Crippen molar-refractivity contribution >= 4 is 11.2 Å². The monoisotopic (exact) mass is 404 g/mol. The van der Waals surface area contributed by atoms with Gasteiger partial charge in [0.15, 0.2) is 11.2 Å². The minimum atomic E-state index is -0.429.